The minimum atomic E-state index is -0.502. The highest BCUT2D eigenvalue weighted by molar-refractivity contribution is 5.53. The zero-order valence-electron chi connectivity index (χ0n) is 11.2. The normalized spacial score (nSPS) is 27.0. The van der Waals surface area contributed by atoms with Crippen LogP contribution < -0.4 is 5.32 Å². The molecule has 1 saturated carbocycles. The monoisotopic (exact) mass is 266 g/mol. The summed E-state index contributed by atoms with van der Waals surface area (Å²) in [6, 6.07) is 3.80. The lowest BCUT2D eigenvalue weighted by Crippen LogP contribution is -2.33. The summed E-state index contributed by atoms with van der Waals surface area (Å²) in [6.45, 7) is 4.32. The van der Waals surface area contributed by atoms with Crippen LogP contribution in [0.25, 0.3) is 0 Å². The third-order valence-electron chi connectivity index (χ3n) is 3.96. The topological polar surface area (TPSA) is 55.2 Å². The smallest absolute Gasteiger partial charge is 0.271 e. The number of nitro benzene ring substituents is 1. The molecule has 1 aromatic carbocycles. The molecule has 2 rings (SSSR count). The molecule has 1 N–H and O–H groups in total. The van der Waals surface area contributed by atoms with E-state index >= 15 is 0 Å². The molecule has 0 spiro atoms. The van der Waals surface area contributed by atoms with Gasteiger partial charge in [0.2, 0.25) is 0 Å². The van der Waals surface area contributed by atoms with Gasteiger partial charge in [-0.2, -0.15) is 0 Å². The van der Waals surface area contributed by atoms with E-state index in [1.807, 2.05) is 0 Å². The Morgan fingerprint density at radius 1 is 1.37 bits per heavy atom. The van der Waals surface area contributed by atoms with Crippen molar-refractivity contribution in [3.63, 3.8) is 0 Å². The molecule has 1 aliphatic rings. The van der Waals surface area contributed by atoms with E-state index in [0.717, 1.165) is 18.9 Å². The number of hydrogen-bond donors (Lipinski definition) is 1. The van der Waals surface area contributed by atoms with Crippen molar-refractivity contribution in [2.24, 2.45) is 11.8 Å². The van der Waals surface area contributed by atoms with Gasteiger partial charge in [-0.25, -0.2) is 4.39 Å². The Balaban J connectivity index is 2.17. The zero-order chi connectivity index (χ0) is 14.0. The second-order valence-electron chi connectivity index (χ2n) is 5.57. The molecule has 0 saturated heterocycles. The maximum atomic E-state index is 13.7. The first kappa shape index (κ1) is 13.8. The minimum absolute atomic E-state index is 0.0830. The van der Waals surface area contributed by atoms with E-state index in [2.05, 4.69) is 19.2 Å². The second-order valence-corrected chi connectivity index (χ2v) is 5.57. The van der Waals surface area contributed by atoms with E-state index in [4.69, 9.17) is 0 Å². The van der Waals surface area contributed by atoms with E-state index in [1.165, 1.54) is 18.6 Å². The molecule has 0 amide bonds. The predicted molar refractivity (Wildman–Crippen MR) is 72.6 cm³/mol. The van der Waals surface area contributed by atoms with Gasteiger partial charge in [0, 0.05) is 18.2 Å². The third kappa shape index (κ3) is 3.22. The average Bonchev–Trinajstić information content (AvgIpc) is 2.36. The first-order valence-corrected chi connectivity index (χ1v) is 6.68. The van der Waals surface area contributed by atoms with Gasteiger partial charge >= 0.3 is 0 Å². The molecule has 0 aliphatic heterocycles. The molecule has 3 atom stereocenters. The first-order valence-electron chi connectivity index (χ1n) is 6.68. The van der Waals surface area contributed by atoms with Crippen LogP contribution in [0.4, 0.5) is 15.8 Å². The molecule has 1 aromatic rings. The number of nitrogens with zero attached hydrogens (tertiary/aromatic N) is 1. The summed E-state index contributed by atoms with van der Waals surface area (Å²) in [7, 11) is 0. The SMILES string of the molecule is CC1CCC(C)C(Nc2cc([N+](=O)[O-])ccc2F)C1. The Morgan fingerprint density at radius 2 is 2.11 bits per heavy atom. The maximum Gasteiger partial charge on any atom is 0.271 e. The molecular weight excluding hydrogens is 247 g/mol. The Labute approximate surface area is 112 Å². The Morgan fingerprint density at radius 3 is 2.79 bits per heavy atom. The largest absolute Gasteiger partial charge is 0.379 e. The zero-order valence-corrected chi connectivity index (χ0v) is 11.2. The maximum absolute atomic E-state index is 13.7. The number of hydrogen-bond acceptors (Lipinski definition) is 3. The molecule has 1 fully saturated rings. The quantitative estimate of drug-likeness (QED) is 0.665. The van der Waals surface area contributed by atoms with Crippen LogP contribution in [0.15, 0.2) is 18.2 Å². The summed E-state index contributed by atoms with van der Waals surface area (Å²) < 4.78 is 13.7. The van der Waals surface area contributed by atoms with E-state index in [1.54, 1.807) is 0 Å². The standard InChI is InChI=1S/C14H19FN2O2/c1-9-3-4-10(2)13(7-9)16-14-8-11(17(18)19)5-6-12(14)15/h5-6,8-10,13,16H,3-4,7H2,1-2H3. The van der Waals surface area contributed by atoms with Crippen molar-refractivity contribution in [1.82, 2.24) is 0 Å². The van der Waals surface area contributed by atoms with E-state index in [-0.39, 0.29) is 17.4 Å². The van der Waals surface area contributed by atoms with E-state index in [0.29, 0.717) is 11.8 Å². The van der Waals surface area contributed by atoms with Gasteiger partial charge in [-0.15, -0.1) is 0 Å². The Kier molecular flexibility index (Phi) is 4.02. The molecule has 0 heterocycles. The second kappa shape index (κ2) is 5.55. The van der Waals surface area contributed by atoms with Crippen LogP contribution >= 0.6 is 0 Å². The van der Waals surface area contributed by atoms with Gasteiger partial charge in [0.15, 0.2) is 0 Å². The third-order valence-corrected chi connectivity index (χ3v) is 3.96. The van der Waals surface area contributed by atoms with Crippen molar-refractivity contribution in [3.8, 4) is 0 Å². The molecule has 4 nitrogen and oxygen atoms in total. The van der Waals surface area contributed by atoms with Crippen LogP contribution in [-0.2, 0) is 0 Å². The van der Waals surface area contributed by atoms with Crippen LogP contribution in [0.2, 0.25) is 0 Å². The molecule has 0 aromatic heterocycles. The Bertz CT molecular complexity index is 479. The number of halogens is 1. The number of nitrogens with one attached hydrogen (secondary N) is 1. The van der Waals surface area contributed by atoms with Crippen molar-refractivity contribution in [2.75, 3.05) is 5.32 Å². The highest BCUT2D eigenvalue weighted by Crippen LogP contribution is 2.32. The van der Waals surface area contributed by atoms with Crippen molar-refractivity contribution in [1.29, 1.82) is 0 Å². The molecule has 1 aliphatic carbocycles. The number of benzene rings is 1. The fraction of sp³-hybridized carbons (Fsp3) is 0.571. The average molecular weight is 266 g/mol. The molecule has 3 unspecified atom stereocenters. The number of nitro groups is 1. The fourth-order valence-corrected chi connectivity index (χ4v) is 2.67. The summed E-state index contributed by atoms with van der Waals surface area (Å²) in [4.78, 5) is 10.2. The van der Waals surface area contributed by atoms with Crippen LogP contribution in [-0.4, -0.2) is 11.0 Å². The molecule has 5 heteroatoms. The van der Waals surface area contributed by atoms with E-state index < -0.39 is 10.7 Å². The highest BCUT2D eigenvalue weighted by Gasteiger charge is 2.26. The lowest BCUT2D eigenvalue weighted by atomic mass is 9.80. The molecule has 0 bridgehead atoms. The summed E-state index contributed by atoms with van der Waals surface area (Å²) in [6.07, 6.45) is 3.27. The number of non-ortho nitro benzene ring substituents is 1. The van der Waals surface area contributed by atoms with Crippen molar-refractivity contribution >= 4 is 11.4 Å². The van der Waals surface area contributed by atoms with Gasteiger partial charge in [0.05, 0.1) is 10.6 Å². The number of anilines is 1. The van der Waals surface area contributed by atoms with Gasteiger partial charge in [-0.1, -0.05) is 20.3 Å². The first-order chi connectivity index (χ1) is 8.97. The fourth-order valence-electron chi connectivity index (χ4n) is 2.67. The Hall–Kier alpha value is -1.65. The van der Waals surface area contributed by atoms with Crippen LogP contribution in [0.5, 0.6) is 0 Å². The van der Waals surface area contributed by atoms with E-state index in [9.17, 15) is 14.5 Å². The van der Waals surface area contributed by atoms with Crippen molar-refractivity contribution < 1.29 is 9.31 Å². The van der Waals surface area contributed by atoms with Gasteiger partial charge in [0.25, 0.3) is 5.69 Å². The molecule has 19 heavy (non-hydrogen) atoms. The van der Waals surface area contributed by atoms with Crippen LogP contribution in [0.3, 0.4) is 0 Å². The molecule has 104 valence electrons. The minimum Gasteiger partial charge on any atom is -0.379 e. The van der Waals surface area contributed by atoms with Gasteiger partial charge in [0.1, 0.15) is 5.82 Å². The number of rotatable bonds is 3. The van der Waals surface area contributed by atoms with Crippen LogP contribution in [0, 0.1) is 27.8 Å². The highest BCUT2D eigenvalue weighted by atomic mass is 19.1. The van der Waals surface area contributed by atoms with Gasteiger partial charge in [-0.05, 0) is 30.7 Å². The van der Waals surface area contributed by atoms with Crippen molar-refractivity contribution in [3.05, 3.63) is 34.1 Å². The van der Waals surface area contributed by atoms with Crippen molar-refractivity contribution in [2.45, 2.75) is 39.2 Å². The molecule has 0 radical (unpaired) electrons. The summed E-state index contributed by atoms with van der Waals surface area (Å²) in [5.74, 6) is 0.626. The predicted octanol–water partition coefficient (Wildman–Crippen LogP) is 3.97. The summed E-state index contributed by atoms with van der Waals surface area (Å²) >= 11 is 0. The van der Waals surface area contributed by atoms with Gasteiger partial charge < -0.3 is 5.32 Å². The summed E-state index contributed by atoms with van der Waals surface area (Å²) in [5, 5.41) is 13.9. The lowest BCUT2D eigenvalue weighted by Gasteiger charge is -2.34. The molecular formula is C14H19FN2O2. The van der Waals surface area contributed by atoms with Crippen LogP contribution in [0.1, 0.15) is 33.1 Å². The lowest BCUT2D eigenvalue weighted by molar-refractivity contribution is -0.384. The van der Waals surface area contributed by atoms with Gasteiger partial charge in [-0.3, -0.25) is 10.1 Å². The summed E-state index contributed by atoms with van der Waals surface area (Å²) in [5.41, 5.74) is 0.153.